The van der Waals surface area contributed by atoms with E-state index in [9.17, 15) is 9.59 Å². The number of anilines is 1. The highest BCUT2D eigenvalue weighted by molar-refractivity contribution is 5.98. The zero-order valence-electron chi connectivity index (χ0n) is 15.5. The lowest BCUT2D eigenvalue weighted by Gasteiger charge is -2.35. The number of carbonyl (C=O) groups excluding carboxylic acids is 2. The van der Waals surface area contributed by atoms with E-state index in [0.29, 0.717) is 18.8 Å². The van der Waals surface area contributed by atoms with E-state index in [1.807, 2.05) is 63.2 Å². The van der Waals surface area contributed by atoms with Crippen LogP contribution in [0.25, 0.3) is 0 Å². The molecule has 1 aliphatic heterocycles. The van der Waals surface area contributed by atoms with Gasteiger partial charge in [0.1, 0.15) is 12.3 Å². The van der Waals surface area contributed by atoms with Crippen molar-refractivity contribution in [3.63, 3.8) is 0 Å². The van der Waals surface area contributed by atoms with E-state index >= 15 is 0 Å². The molecule has 0 aromatic heterocycles. The summed E-state index contributed by atoms with van der Waals surface area (Å²) in [4.78, 5) is 28.2. The summed E-state index contributed by atoms with van der Waals surface area (Å²) in [6, 6.07) is 13.5. The summed E-state index contributed by atoms with van der Waals surface area (Å²) in [5.74, 6) is 0.442. The average molecular weight is 352 g/mol. The number of rotatable bonds is 4. The molecule has 2 aromatic rings. The molecule has 0 radical (unpaired) electrons. The lowest BCUT2D eigenvalue weighted by molar-refractivity contribution is -0.138. The molecular formula is C21H24N2O3. The van der Waals surface area contributed by atoms with Gasteiger partial charge >= 0.3 is 0 Å². The smallest absolute Gasteiger partial charge is 0.261 e. The number of ether oxygens (including phenoxy) is 1. The Morgan fingerprint density at radius 2 is 1.77 bits per heavy atom. The van der Waals surface area contributed by atoms with Gasteiger partial charge in [-0.2, -0.15) is 0 Å². The topological polar surface area (TPSA) is 49.9 Å². The van der Waals surface area contributed by atoms with E-state index in [0.717, 1.165) is 16.8 Å². The average Bonchev–Trinajstić information content (AvgIpc) is 2.63. The molecule has 5 heteroatoms. The molecule has 1 aliphatic rings. The van der Waals surface area contributed by atoms with Crippen LogP contribution in [0.15, 0.2) is 42.5 Å². The molecule has 1 fully saturated rings. The predicted molar refractivity (Wildman–Crippen MR) is 102 cm³/mol. The zero-order valence-corrected chi connectivity index (χ0v) is 15.5. The van der Waals surface area contributed by atoms with Crippen LogP contribution in [-0.4, -0.2) is 43.0 Å². The molecule has 1 heterocycles. The van der Waals surface area contributed by atoms with Gasteiger partial charge < -0.3 is 14.5 Å². The molecule has 2 amide bonds. The summed E-state index contributed by atoms with van der Waals surface area (Å²) in [6.07, 6.45) is 0. The van der Waals surface area contributed by atoms with E-state index in [1.165, 1.54) is 5.56 Å². The van der Waals surface area contributed by atoms with Gasteiger partial charge in [0.05, 0.1) is 0 Å². The van der Waals surface area contributed by atoms with Gasteiger partial charge in [-0.05, 0) is 55.7 Å². The van der Waals surface area contributed by atoms with Crippen molar-refractivity contribution in [2.45, 2.75) is 20.8 Å². The maximum Gasteiger partial charge on any atom is 0.261 e. The third kappa shape index (κ3) is 3.87. The van der Waals surface area contributed by atoms with Gasteiger partial charge in [0.15, 0.2) is 6.61 Å². The third-order valence-electron chi connectivity index (χ3n) is 4.82. The number of carbonyl (C=O) groups is 2. The van der Waals surface area contributed by atoms with Crippen molar-refractivity contribution in [3.05, 3.63) is 59.2 Å². The van der Waals surface area contributed by atoms with Crippen molar-refractivity contribution in [1.82, 2.24) is 4.90 Å². The standard InChI is InChI=1S/C21H24N2O3/c1-15-8-9-18(12-17(15)3)26-14-21(25)22-10-11-23(20(24)13-22)19-7-5-4-6-16(19)2/h4-9,12H,10-11,13-14H2,1-3H3. The maximum atomic E-state index is 12.5. The Bertz CT molecular complexity index is 832. The Labute approximate surface area is 154 Å². The number of nitrogens with zero attached hydrogens (tertiary/aromatic N) is 2. The van der Waals surface area contributed by atoms with Crippen LogP contribution in [0.1, 0.15) is 16.7 Å². The molecule has 0 bridgehead atoms. The number of hydrogen-bond donors (Lipinski definition) is 0. The van der Waals surface area contributed by atoms with Crippen molar-refractivity contribution < 1.29 is 14.3 Å². The highest BCUT2D eigenvalue weighted by atomic mass is 16.5. The van der Waals surface area contributed by atoms with Crippen molar-refractivity contribution in [2.24, 2.45) is 0 Å². The zero-order chi connectivity index (χ0) is 18.7. The number of aryl methyl sites for hydroxylation is 3. The summed E-state index contributed by atoms with van der Waals surface area (Å²) >= 11 is 0. The Morgan fingerprint density at radius 1 is 1.00 bits per heavy atom. The van der Waals surface area contributed by atoms with Crippen LogP contribution in [-0.2, 0) is 9.59 Å². The molecule has 0 atom stereocenters. The van der Waals surface area contributed by atoms with Crippen molar-refractivity contribution in [3.8, 4) is 5.75 Å². The van der Waals surface area contributed by atoms with Crippen LogP contribution in [0.3, 0.4) is 0 Å². The van der Waals surface area contributed by atoms with Crippen LogP contribution < -0.4 is 9.64 Å². The Kier molecular flexibility index (Phi) is 5.26. The Balaban J connectivity index is 1.58. The molecule has 5 nitrogen and oxygen atoms in total. The fourth-order valence-corrected chi connectivity index (χ4v) is 3.05. The van der Waals surface area contributed by atoms with Crippen molar-refractivity contribution in [1.29, 1.82) is 0 Å². The van der Waals surface area contributed by atoms with Gasteiger partial charge in [-0.1, -0.05) is 24.3 Å². The number of piperazine rings is 1. The minimum Gasteiger partial charge on any atom is -0.484 e. The lowest BCUT2D eigenvalue weighted by atomic mass is 10.1. The summed E-state index contributed by atoms with van der Waals surface area (Å²) in [5, 5.41) is 0. The monoisotopic (exact) mass is 352 g/mol. The SMILES string of the molecule is Cc1ccc(OCC(=O)N2CCN(c3ccccc3C)C(=O)C2)cc1C. The van der Waals surface area contributed by atoms with Crippen LogP contribution in [0.5, 0.6) is 5.75 Å². The van der Waals surface area contributed by atoms with E-state index in [1.54, 1.807) is 9.80 Å². The second kappa shape index (κ2) is 7.60. The number of hydrogen-bond acceptors (Lipinski definition) is 3. The Morgan fingerprint density at radius 3 is 2.46 bits per heavy atom. The van der Waals surface area contributed by atoms with Crippen LogP contribution >= 0.6 is 0 Å². The van der Waals surface area contributed by atoms with Crippen molar-refractivity contribution in [2.75, 3.05) is 31.1 Å². The van der Waals surface area contributed by atoms with E-state index in [4.69, 9.17) is 4.74 Å². The van der Waals surface area contributed by atoms with Gasteiger partial charge in [0.25, 0.3) is 5.91 Å². The first-order valence-corrected chi connectivity index (χ1v) is 8.79. The van der Waals surface area contributed by atoms with Gasteiger partial charge in [0, 0.05) is 18.8 Å². The maximum absolute atomic E-state index is 12.5. The molecule has 1 saturated heterocycles. The molecular weight excluding hydrogens is 328 g/mol. The molecule has 0 spiro atoms. The molecule has 3 rings (SSSR count). The van der Waals surface area contributed by atoms with Gasteiger partial charge in [-0.15, -0.1) is 0 Å². The summed E-state index contributed by atoms with van der Waals surface area (Å²) in [5.41, 5.74) is 4.27. The van der Waals surface area contributed by atoms with Crippen LogP contribution in [0, 0.1) is 20.8 Å². The van der Waals surface area contributed by atoms with Gasteiger partial charge in [0.2, 0.25) is 5.91 Å². The third-order valence-corrected chi connectivity index (χ3v) is 4.82. The summed E-state index contributed by atoms with van der Waals surface area (Å²) in [6.45, 7) is 7.06. The second-order valence-electron chi connectivity index (χ2n) is 6.68. The minimum absolute atomic E-state index is 0.0554. The van der Waals surface area contributed by atoms with Crippen LogP contribution in [0.2, 0.25) is 0 Å². The first-order chi connectivity index (χ1) is 12.5. The fourth-order valence-electron chi connectivity index (χ4n) is 3.05. The molecule has 136 valence electrons. The first kappa shape index (κ1) is 18.0. The predicted octanol–water partition coefficient (Wildman–Crippen LogP) is 2.87. The molecule has 2 aromatic carbocycles. The van der Waals surface area contributed by atoms with Crippen LogP contribution in [0.4, 0.5) is 5.69 Å². The molecule has 26 heavy (non-hydrogen) atoms. The molecule has 0 saturated carbocycles. The van der Waals surface area contributed by atoms with E-state index < -0.39 is 0 Å². The van der Waals surface area contributed by atoms with Gasteiger partial charge in [-0.3, -0.25) is 9.59 Å². The normalized spacial score (nSPS) is 14.5. The summed E-state index contributed by atoms with van der Waals surface area (Å²) in [7, 11) is 0. The fraction of sp³-hybridized carbons (Fsp3) is 0.333. The Hall–Kier alpha value is -2.82. The molecule has 0 aliphatic carbocycles. The number of benzene rings is 2. The van der Waals surface area contributed by atoms with Crippen molar-refractivity contribution >= 4 is 17.5 Å². The highest BCUT2D eigenvalue weighted by Crippen LogP contribution is 2.22. The molecule has 0 unspecified atom stereocenters. The number of amides is 2. The van der Waals surface area contributed by atoms with E-state index in [2.05, 4.69) is 0 Å². The minimum atomic E-state index is -0.166. The lowest BCUT2D eigenvalue weighted by Crippen LogP contribution is -2.53. The highest BCUT2D eigenvalue weighted by Gasteiger charge is 2.28. The van der Waals surface area contributed by atoms with E-state index in [-0.39, 0.29) is 25.0 Å². The number of para-hydroxylation sites is 1. The van der Waals surface area contributed by atoms with Gasteiger partial charge in [-0.25, -0.2) is 0 Å². The molecule has 0 N–H and O–H groups in total. The quantitative estimate of drug-likeness (QED) is 0.850. The largest absolute Gasteiger partial charge is 0.484 e. The first-order valence-electron chi connectivity index (χ1n) is 8.79. The summed E-state index contributed by atoms with van der Waals surface area (Å²) < 4.78 is 5.61. The second-order valence-corrected chi connectivity index (χ2v) is 6.68.